The van der Waals surface area contributed by atoms with Crippen LogP contribution in [0.5, 0.6) is 0 Å². The van der Waals surface area contributed by atoms with E-state index in [9.17, 15) is 13.2 Å². The number of carbonyl (C=O) groups excluding carboxylic acids is 1. The van der Waals surface area contributed by atoms with Gasteiger partial charge in [0.15, 0.2) is 9.84 Å². The van der Waals surface area contributed by atoms with E-state index < -0.39 is 9.84 Å². The molecule has 1 amide bonds. The molecule has 1 aliphatic heterocycles. The molecular formula is C16H27N3O3S. The van der Waals surface area contributed by atoms with E-state index in [1.165, 1.54) is 0 Å². The van der Waals surface area contributed by atoms with Crippen LogP contribution in [-0.2, 0) is 27.6 Å². The van der Waals surface area contributed by atoms with Crippen molar-refractivity contribution in [1.29, 1.82) is 0 Å². The molecule has 1 saturated heterocycles. The molecule has 1 aromatic rings. The Kier molecular flexibility index (Phi) is 5.49. The van der Waals surface area contributed by atoms with E-state index in [1.807, 2.05) is 18.5 Å². The molecule has 0 radical (unpaired) electrons. The second-order valence-corrected chi connectivity index (χ2v) is 9.12. The highest BCUT2D eigenvalue weighted by molar-refractivity contribution is 7.91. The Bertz CT molecular complexity index is 677. The minimum absolute atomic E-state index is 0.0725. The molecule has 1 aliphatic rings. The molecule has 0 aromatic carbocycles. The van der Waals surface area contributed by atoms with Crippen LogP contribution in [0.4, 0.5) is 0 Å². The summed E-state index contributed by atoms with van der Waals surface area (Å²) in [6.45, 7) is 9.19. The molecule has 2 rings (SSSR count). The van der Waals surface area contributed by atoms with Gasteiger partial charge in [0.05, 0.1) is 17.2 Å². The van der Waals surface area contributed by atoms with E-state index in [0.29, 0.717) is 25.2 Å². The second kappa shape index (κ2) is 7.03. The van der Waals surface area contributed by atoms with Gasteiger partial charge >= 0.3 is 0 Å². The van der Waals surface area contributed by atoms with Gasteiger partial charge in [-0.25, -0.2) is 8.42 Å². The Labute approximate surface area is 138 Å². The minimum atomic E-state index is -2.96. The molecule has 0 spiro atoms. The topological polar surface area (TPSA) is 81.1 Å². The van der Waals surface area contributed by atoms with Gasteiger partial charge in [-0.3, -0.25) is 9.48 Å². The number of carbonyl (C=O) groups is 1. The van der Waals surface area contributed by atoms with Crippen molar-refractivity contribution in [3.63, 3.8) is 0 Å². The lowest BCUT2D eigenvalue weighted by Crippen LogP contribution is -2.35. The molecule has 130 valence electrons. The largest absolute Gasteiger partial charge is 0.352 e. The Morgan fingerprint density at radius 1 is 1.39 bits per heavy atom. The first-order chi connectivity index (χ1) is 10.7. The molecule has 1 unspecified atom stereocenters. The van der Waals surface area contributed by atoms with Crippen molar-refractivity contribution < 1.29 is 13.2 Å². The standard InChI is InChI=1S/C16H27N3O3S/c1-11(2)9-19-13(4)15(12(3)18-19)5-6-16(20)17-14-7-8-23(21,22)10-14/h11,14H,5-10H2,1-4H3,(H,17,20). The van der Waals surface area contributed by atoms with E-state index in [0.717, 1.165) is 23.5 Å². The van der Waals surface area contributed by atoms with E-state index in [4.69, 9.17) is 0 Å². The summed E-state index contributed by atoms with van der Waals surface area (Å²) in [7, 11) is -2.96. The monoisotopic (exact) mass is 341 g/mol. The Morgan fingerprint density at radius 2 is 2.09 bits per heavy atom. The molecule has 23 heavy (non-hydrogen) atoms. The van der Waals surface area contributed by atoms with Crippen LogP contribution in [0.1, 0.15) is 43.6 Å². The quantitative estimate of drug-likeness (QED) is 0.848. The van der Waals surface area contributed by atoms with Crippen molar-refractivity contribution in [2.45, 2.75) is 59.5 Å². The van der Waals surface area contributed by atoms with Crippen LogP contribution in [0.25, 0.3) is 0 Å². The molecule has 0 saturated carbocycles. The maximum atomic E-state index is 12.1. The average Bonchev–Trinajstić information content (AvgIpc) is 2.88. The third kappa shape index (κ3) is 4.80. The summed E-state index contributed by atoms with van der Waals surface area (Å²) < 4.78 is 24.8. The number of hydrogen-bond acceptors (Lipinski definition) is 4. The van der Waals surface area contributed by atoms with Gasteiger partial charge in [0.2, 0.25) is 5.91 Å². The number of nitrogens with zero attached hydrogens (tertiary/aromatic N) is 2. The summed E-state index contributed by atoms with van der Waals surface area (Å²) in [4.78, 5) is 12.1. The third-order valence-electron chi connectivity index (χ3n) is 4.27. The lowest BCUT2D eigenvalue weighted by Gasteiger charge is -2.11. The first kappa shape index (κ1) is 18.0. The minimum Gasteiger partial charge on any atom is -0.352 e. The maximum absolute atomic E-state index is 12.1. The number of sulfone groups is 1. The molecule has 1 atom stereocenters. The first-order valence-corrected chi connectivity index (χ1v) is 10.0. The van der Waals surface area contributed by atoms with Gasteiger partial charge in [0, 0.05) is 24.7 Å². The molecule has 0 aliphatic carbocycles. The summed E-state index contributed by atoms with van der Waals surface area (Å²) in [5, 5.41) is 7.39. The molecular weight excluding hydrogens is 314 g/mol. The summed E-state index contributed by atoms with van der Waals surface area (Å²) in [6.07, 6.45) is 1.53. The smallest absolute Gasteiger partial charge is 0.220 e. The van der Waals surface area contributed by atoms with Crippen LogP contribution < -0.4 is 5.32 Å². The van der Waals surface area contributed by atoms with Gasteiger partial charge in [-0.1, -0.05) is 13.8 Å². The Morgan fingerprint density at radius 3 is 2.65 bits per heavy atom. The van der Waals surface area contributed by atoms with Crippen LogP contribution >= 0.6 is 0 Å². The van der Waals surface area contributed by atoms with Crippen LogP contribution in [0.2, 0.25) is 0 Å². The number of nitrogens with one attached hydrogen (secondary N) is 1. The fourth-order valence-electron chi connectivity index (χ4n) is 3.07. The second-order valence-electron chi connectivity index (χ2n) is 6.89. The highest BCUT2D eigenvalue weighted by atomic mass is 32.2. The van der Waals surface area contributed by atoms with Crippen LogP contribution in [-0.4, -0.2) is 41.7 Å². The molecule has 6 nitrogen and oxygen atoms in total. The molecule has 1 aromatic heterocycles. The number of aromatic nitrogens is 2. The summed E-state index contributed by atoms with van der Waals surface area (Å²) in [5.74, 6) is 0.692. The zero-order chi connectivity index (χ0) is 17.2. The zero-order valence-corrected chi connectivity index (χ0v) is 15.2. The highest BCUT2D eigenvalue weighted by Gasteiger charge is 2.28. The van der Waals surface area contributed by atoms with Crippen LogP contribution in [0, 0.1) is 19.8 Å². The predicted octanol–water partition coefficient (Wildman–Crippen LogP) is 1.39. The maximum Gasteiger partial charge on any atom is 0.220 e. The molecule has 2 heterocycles. The van der Waals surface area contributed by atoms with Gasteiger partial charge in [0.1, 0.15) is 0 Å². The van der Waals surface area contributed by atoms with E-state index in [-0.39, 0.29) is 23.5 Å². The fraction of sp³-hybridized carbons (Fsp3) is 0.750. The fourth-order valence-corrected chi connectivity index (χ4v) is 4.74. The number of rotatable bonds is 6. The average molecular weight is 341 g/mol. The van der Waals surface area contributed by atoms with Crippen molar-refractivity contribution >= 4 is 15.7 Å². The van der Waals surface area contributed by atoms with Gasteiger partial charge in [-0.15, -0.1) is 0 Å². The van der Waals surface area contributed by atoms with Crippen molar-refractivity contribution in [2.24, 2.45) is 5.92 Å². The highest BCUT2D eigenvalue weighted by Crippen LogP contribution is 2.17. The van der Waals surface area contributed by atoms with Gasteiger partial charge < -0.3 is 5.32 Å². The van der Waals surface area contributed by atoms with Crippen LogP contribution in [0.15, 0.2) is 0 Å². The van der Waals surface area contributed by atoms with Gasteiger partial charge in [-0.2, -0.15) is 5.10 Å². The zero-order valence-electron chi connectivity index (χ0n) is 14.4. The molecule has 0 bridgehead atoms. The number of aryl methyl sites for hydroxylation is 1. The van der Waals surface area contributed by atoms with E-state index >= 15 is 0 Å². The van der Waals surface area contributed by atoms with Crippen molar-refractivity contribution in [3.8, 4) is 0 Å². The normalized spacial score (nSPS) is 20.1. The van der Waals surface area contributed by atoms with Crippen molar-refractivity contribution in [2.75, 3.05) is 11.5 Å². The molecule has 1 N–H and O–H groups in total. The Hall–Kier alpha value is -1.37. The van der Waals surface area contributed by atoms with Crippen LogP contribution in [0.3, 0.4) is 0 Å². The third-order valence-corrected chi connectivity index (χ3v) is 6.04. The van der Waals surface area contributed by atoms with E-state index in [1.54, 1.807) is 0 Å². The summed E-state index contributed by atoms with van der Waals surface area (Å²) >= 11 is 0. The molecule has 7 heteroatoms. The molecule has 1 fully saturated rings. The summed E-state index contributed by atoms with van der Waals surface area (Å²) in [6, 6.07) is -0.224. The summed E-state index contributed by atoms with van der Waals surface area (Å²) in [5.41, 5.74) is 3.21. The number of amides is 1. The number of hydrogen-bond donors (Lipinski definition) is 1. The van der Waals surface area contributed by atoms with Crippen molar-refractivity contribution in [1.82, 2.24) is 15.1 Å². The van der Waals surface area contributed by atoms with Gasteiger partial charge in [0.25, 0.3) is 0 Å². The van der Waals surface area contributed by atoms with E-state index in [2.05, 4.69) is 24.3 Å². The van der Waals surface area contributed by atoms with Gasteiger partial charge in [-0.05, 0) is 38.2 Å². The first-order valence-electron chi connectivity index (χ1n) is 8.20. The lowest BCUT2D eigenvalue weighted by molar-refractivity contribution is -0.121. The van der Waals surface area contributed by atoms with Crippen molar-refractivity contribution in [3.05, 3.63) is 17.0 Å². The lowest BCUT2D eigenvalue weighted by atomic mass is 10.1. The SMILES string of the molecule is Cc1nn(CC(C)C)c(C)c1CCC(=O)NC1CCS(=O)(=O)C1. The Balaban J connectivity index is 1.90. The predicted molar refractivity (Wildman–Crippen MR) is 90.1 cm³/mol.